The molecule has 0 spiro atoms. The van der Waals surface area contributed by atoms with Crippen LogP contribution in [0.3, 0.4) is 0 Å². The van der Waals surface area contributed by atoms with Gasteiger partial charge in [0.15, 0.2) is 11.6 Å². The molecule has 1 saturated heterocycles. The van der Waals surface area contributed by atoms with Gasteiger partial charge >= 0.3 is 0 Å². The van der Waals surface area contributed by atoms with E-state index in [9.17, 15) is 8.78 Å². The van der Waals surface area contributed by atoms with Crippen molar-refractivity contribution in [3.05, 3.63) is 35.4 Å². The normalized spacial score (nSPS) is 24.1. The molecule has 2 fully saturated rings. The Kier molecular flexibility index (Phi) is 4.24. The van der Waals surface area contributed by atoms with Crippen molar-refractivity contribution in [3.8, 4) is 0 Å². The van der Waals surface area contributed by atoms with Gasteiger partial charge in [0, 0.05) is 24.2 Å². The number of hydrogen-bond donors (Lipinski definition) is 1. The lowest BCUT2D eigenvalue weighted by atomic mass is 9.82. The van der Waals surface area contributed by atoms with E-state index in [0.29, 0.717) is 18.8 Å². The second kappa shape index (κ2) is 5.99. The fraction of sp³-hybridized carbons (Fsp3) is 0.625. The molecule has 1 unspecified atom stereocenters. The van der Waals surface area contributed by atoms with Gasteiger partial charge < -0.3 is 10.5 Å². The Hall–Kier alpha value is -1.04. The highest BCUT2D eigenvalue weighted by Crippen LogP contribution is 2.44. The predicted octanol–water partition coefficient (Wildman–Crippen LogP) is 2.61. The first-order chi connectivity index (χ1) is 10.1. The van der Waals surface area contributed by atoms with Crippen molar-refractivity contribution < 1.29 is 13.5 Å². The highest BCUT2D eigenvalue weighted by Gasteiger charge is 2.46. The molecule has 3 nitrogen and oxygen atoms in total. The third-order valence-electron chi connectivity index (χ3n) is 5.01. The van der Waals surface area contributed by atoms with Gasteiger partial charge in [-0.3, -0.25) is 4.90 Å². The highest BCUT2D eigenvalue weighted by atomic mass is 19.2. The van der Waals surface area contributed by atoms with Crippen LogP contribution in [0.4, 0.5) is 8.78 Å². The molecule has 5 heteroatoms. The van der Waals surface area contributed by atoms with Crippen LogP contribution in [0.15, 0.2) is 18.2 Å². The fourth-order valence-electron chi connectivity index (χ4n) is 3.87. The van der Waals surface area contributed by atoms with Crippen LogP contribution in [0.1, 0.15) is 37.3 Å². The first kappa shape index (κ1) is 14.9. The summed E-state index contributed by atoms with van der Waals surface area (Å²) in [5.74, 6) is -1.62. The van der Waals surface area contributed by atoms with Crippen molar-refractivity contribution in [2.45, 2.75) is 37.3 Å². The molecule has 1 atom stereocenters. The van der Waals surface area contributed by atoms with Gasteiger partial charge in [-0.2, -0.15) is 0 Å². The minimum atomic E-state index is -0.821. The minimum Gasteiger partial charge on any atom is -0.379 e. The number of nitrogens with zero attached hydrogens (tertiary/aromatic N) is 1. The molecule has 0 aromatic heterocycles. The lowest BCUT2D eigenvalue weighted by Gasteiger charge is -2.47. The molecule has 1 aliphatic carbocycles. The van der Waals surface area contributed by atoms with Crippen LogP contribution >= 0.6 is 0 Å². The number of nitrogens with two attached hydrogens (primary N) is 1. The van der Waals surface area contributed by atoms with Gasteiger partial charge in [0.05, 0.1) is 19.3 Å². The predicted molar refractivity (Wildman–Crippen MR) is 76.9 cm³/mol. The molecular weight excluding hydrogens is 274 g/mol. The molecule has 2 aliphatic rings. The molecule has 1 aromatic rings. The van der Waals surface area contributed by atoms with Crippen molar-refractivity contribution in [1.82, 2.24) is 4.90 Å². The summed E-state index contributed by atoms with van der Waals surface area (Å²) in [7, 11) is 0. The average Bonchev–Trinajstić information content (AvgIpc) is 3.01. The van der Waals surface area contributed by atoms with Crippen LogP contribution in [-0.2, 0) is 4.74 Å². The Balaban J connectivity index is 1.94. The monoisotopic (exact) mass is 296 g/mol. The van der Waals surface area contributed by atoms with Gasteiger partial charge in [0.2, 0.25) is 0 Å². The Labute approximate surface area is 124 Å². The number of benzene rings is 1. The third kappa shape index (κ3) is 2.58. The standard InChI is InChI=1S/C16H22F2N2O/c17-13-5-3-4-12(14(13)18)15(19)16(6-1-2-7-16)20-8-10-21-11-9-20/h3-5,15H,1-2,6-11,19H2. The molecule has 3 rings (SSSR count). The zero-order chi connectivity index (χ0) is 14.9. The lowest BCUT2D eigenvalue weighted by molar-refractivity contribution is -0.0315. The van der Waals surface area contributed by atoms with Crippen molar-refractivity contribution >= 4 is 0 Å². The molecule has 1 heterocycles. The fourth-order valence-corrected chi connectivity index (χ4v) is 3.87. The van der Waals surface area contributed by atoms with Crippen molar-refractivity contribution in [1.29, 1.82) is 0 Å². The summed E-state index contributed by atoms with van der Waals surface area (Å²) >= 11 is 0. The number of halogens is 2. The lowest BCUT2D eigenvalue weighted by Crippen LogP contribution is -2.57. The maximum Gasteiger partial charge on any atom is 0.163 e. The van der Waals surface area contributed by atoms with E-state index in [-0.39, 0.29) is 5.54 Å². The summed E-state index contributed by atoms with van der Waals surface area (Å²) in [6, 6.07) is 3.79. The largest absolute Gasteiger partial charge is 0.379 e. The molecule has 116 valence electrons. The number of morpholine rings is 1. The van der Waals surface area contributed by atoms with Crippen LogP contribution in [0.2, 0.25) is 0 Å². The molecule has 1 aliphatic heterocycles. The second-order valence-corrected chi connectivity index (χ2v) is 6.03. The van der Waals surface area contributed by atoms with Crippen LogP contribution < -0.4 is 5.73 Å². The van der Waals surface area contributed by atoms with E-state index < -0.39 is 17.7 Å². The van der Waals surface area contributed by atoms with Crippen molar-refractivity contribution in [2.75, 3.05) is 26.3 Å². The Morgan fingerprint density at radius 2 is 1.81 bits per heavy atom. The van der Waals surface area contributed by atoms with E-state index in [1.54, 1.807) is 6.07 Å². The van der Waals surface area contributed by atoms with Crippen molar-refractivity contribution in [2.24, 2.45) is 5.73 Å². The average molecular weight is 296 g/mol. The quantitative estimate of drug-likeness (QED) is 0.932. The van der Waals surface area contributed by atoms with Gasteiger partial charge in [-0.05, 0) is 18.9 Å². The van der Waals surface area contributed by atoms with Gasteiger partial charge in [-0.1, -0.05) is 25.0 Å². The molecule has 0 amide bonds. The molecule has 0 radical (unpaired) electrons. The highest BCUT2D eigenvalue weighted by molar-refractivity contribution is 5.26. The number of ether oxygens (including phenoxy) is 1. The molecule has 1 saturated carbocycles. The molecular formula is C16H22F2N2O. The zero-order valence-electron chi connectivity index (χ0n) is 12.2. The molecule has 1 aromatic carbocycles. The molecule has 0 bridgehead atoms. The Bertz CT molecular complexity index is 497. The summed E-state index contributed by atoms with van der Waals surface area (Å²) in [5.41, 5.74) is 6.48. The van der Waals surface area contributed by atoms with Crippen LogP contribution in [0, 0.1) is 11.6 Å². The van der Waals surface area contributed by atoms with Crippen molar-refractivity contribution in [3.63, 3.8) is 0 Å². The first-order valence-corrected chi connectivity index (χ1v) is 7.67. The third-order valence-corrected chi connectivity index (χ3v) is 5.01. The van der Waals surface area contributed by atoms with Crippen LogP contribution in [0.25, 0.3) is 0 Å². The summed E-state index contributed by atoms with van der Waals surface area (Å²) in [6.07, 6.45) is 4.04. The van der Waals surface area contributed by atoms with E-state index >= 15 is 0 Å². The van der Waals surface area contributed by atoms with E-state index in [0.717, 1.165) is 44.8 Å². The van der Waals surface area contributed by atoms with Gasteiger partial charge in [0.1, 0.15) is 0 Å². The number of rotatable bonds is 3. The summed E-state index contributed by atoms with van der Waals surface area (Å²) in [5, 5.41) is 0. The maximum absolute atomic E-state index is 14.1. The summed E-state index contributed by atoms with van der Waals surface area (Å²) in [6.45, 7) is 2.98. The Morgan fingerprint density at radius 3 is 2.48 bits per heavy atom. The topological polar surface area (TPSA) is 38.5 Å². The van der Waals surface area contributed by atoms with Crippen LogP contribution in [0.5, 0.6) is 0 Å². The second-order valence-electron chi connectivity index (χ2n) is 6.03. The first-order valence-electron chi connectivity index (χ1n) is 7.67. The molecule has 2 N–H and O–H groups in total. The van der Waals surface area contributed by atoms with E-state index in [4.69, 9.17) is 10.5 Å². The Morgan fingerprint density at radius 1 is 1.14 bits per heavy atom. The van der Waals surface area contributed by atoms with E-state index in [1.165, 1.54) is 6.07 Å². The zero-order valence-corrected chi connectivity index (χ0v) is 12.2. The van der Waals surface area contributed by atoms with E-state index in [2.05, 4.69) is 4.90 Å². The minimum absolute atomic E-state index is 0.265. The summed E-state index contributed by atoms with van der Waals surface area (Å²) in [4.78, 5) is 2.33. The summed E-state index contributed by atoms with van der Waals surface area (Å²) < 4.78 is 33.1. The maximum atomic E-state index is 14.1. The van der Waals surface area contributed by atoms with Gasteiger partial charge in [-0.15, -0.1) is 0 Å². The van der Waals surface area contributed by atoms with Crippen LogP contribution in [-0.4, -0.2) is 36.7 Å². The van der Waals surface area contributed by atoms with E-state index in [1.807, 2.05) is 0 Å². The van der Waals surface area contributed by atoms with Gasteiger partial charge in [-0.25, -0.2) is 8.78 Å². The number of hydrogen-bond acceptors (Lipinski definition) is 3. The molecule has 21 heavy (non-hydrogen) atoms. The SMILES string of the molecule is NC(c1cccc(F)c1F)C1(N2CCOCC2)CCCC1. The van der Waals surface area contributed by atoms with Gasteiger partial charge in [0.25, 0.3) is 0 Å². The smallest absolute Gasteiger partial charge is 0.163 e.